The number of hydrogen-bond donors (Lipinski definition) is 1. The lowest BCUT2D eigenvalue weighted by molar-refractivity contribution is -0.135. The van der Waals surface area contributed by atoms with Crippen LogP contribution in [0.4, 0.5) is 5.69 Å². The van der Waals surface area contributed by atoms with Crippen molar-refractivity contribution < 1.29 is 9.53 Å². The first-order valence-corrected chi connectivity index (χ1v) is 6.52. The zero-order chi connectivity index (χ0) is 13.5. The van der Waals surface area contributed by atoms with Crippen molar-refractivity contribution in [1.29, 1.82) is 5.26 Å². The molecule has 0 fully saturated rings. The molecular weight excluding hydrogens is 272 g/mol. The van der Waals surface area contributed by atoms with Crippen LogP contribution in [-0.2, 0) is 9.53 Å². The van der Waals surface area contributed by atoms with Crippen LogP contribution in [0.25, 0.3) is 0 Å². The quantitative estimate of drug-likeness (QED) is 0.522. The summed E-state index contributed by atoms with van der Waals surface area (Å²) >= 11 is 7.23. The molecule has 4 nitrogen and oxygen atoms in total. The molecule has 0 atom stereocenters. The maximum absolute atomic E-state index is 11.4. The number of halogens is 1. The monoisotopic (exact) mass is 282 g/mol. The number of nitrogens with zero attached hydrogens (tertiary/aromatic N) is 1. The van der Waals surface area contributed by atoms with Crippen LogP contribution >= 0.6 is 23.4 Å². The van der Waals surface area contributed by atoms with E-state index < -0.39 is 5.97 Å². The Bertz CT molecular complexity index is 523. The first kappa shape index (κ1) is 14.4. The minimum Gasteiger partial charge on any atom is -0.465 e. The molecule has 0 bridgehead atoms. The third-order valence-electron chi connectivity index (χ3n) is 2.05. The minimum atomic E-state index is -0.679. The van der Waals surface area contributed by atoms with Crippen LogP contribution in [0.2, 0.25) is 5.02 Å². The molecule has 18 heavy (non-hydrogen) atoms. The van der Waals surface area contributed by atoms with Crippen molar-refractivity contribution in [3.05, 3.63) is 39.9 Å². The number of ether oxygens (including phenoxy) is 1. The molecule has 6 heteroatoms. The summed E-state index contributed by atoms with van der Waals surface area (Å²) in [4.78, 5) is 11.4. The molecule has 0 spiro atoms. The Morgan fingerprint density at radius 1 is 1.50 bits per heavy atom. The summed E-state index contributed by atoms with van der Waals surface area (Å²) in [6.45, 7) is 0. The summed E-state index contributed by atoms with van der Waals surface area (Å²) in [5.74, 6) is -0.679. The fourth-order valence-corrected chi connectivity index (χ4v) is 1.92. The van der Waals surface area contributed by atoms with Crippen molar-refractivity contribution in [2.75, 3.05) is 18.7 Å². The Morgan fingerprint density at radius 3 is 2.67 bits per heavy atom. The van der Waals surface area contributed by atoms with Gasteiger partial charge in [-0.2, -0.15) is 5.26 Å². The van der Waals surface area contributed by atoms with E-state index >= 15 is 0 Å². The van der Waals surface area contributed by atoms with Gasteiger partial charge < -0.3 is 10.1 Å². The lowest BCUT2D eigenvalue weighted by Gasteiger charge is -2.11. The SMILES string of the molecule is COC(=O)/C(C#N)=C(\Nc1ccccc1Cl)SC. The van der Waals surface area contributed by atoms with E-state index in [-0.39, 0.29) is 5.57 Å². The summed E-state index contributed by atoms with van der Waals surface area (Å²) in [5.41, 5.74) is 0.546. The highest BCUT2D eigenvalue weighted by Gasteiger charge is 2.16. The Hall–Kier alpha value is -1.64. The second-order valence-corrected chi connectivity index (χ2v) is 4.34. The van der Waals surface area contributed by atoms with Crippen molar-refractivity contribution in [2.24, 2.45) is 0 Å². The summed E-state index contributed by atoms with van der Waals surface area (Å²) in [6.07, 6.45) is 1.75. The van der Waals surface area contributed by atoms with Crippen LogP contribution in [0, 0.1) is 11.3 Å². The van der Waals surface area contributed by atoms with Crippen LogP contribution < -0.4 is 5.32 Å². The number of nitriles is 1. The van der Waals surface area contributed by atoms with Gasteiger partial charge in [-0.25, -0.2) is 4.79 Å². The second-order valence-electron chi connectivity index (χ2n) is 3.12. The minimum absolute atomic E-state index is 0.0788. The molecule has 0 saturated heterocycles. The largest absolute Gasteiger partial charge is 0.465 e. The molecule has 94 valence electrons. The van der Waals surface area contributed by atoms with Gasteiger partial charge in [0.15, 0.2) is 5.57 Å². The number of hydrogen-bond acceptors (Lipinski definition) is 5. The van der Waals surface area contributed by atoms with Gasteiger partial charge in [0.1, 0.15) is 6.07 Å². The number of rotatable bonds is 4. The van der Waals surface area contributed by atoms with Gasteiger partial charge in [-0.3, -0.25) is 0 Å². The van der Waals surface area contributed by atoms with Crippen molar-refractivity contribution in [2.45, 2.75) is 0 Å². The lowest BCUT2D eigenvalue weighted by atomic mass is 10.3. The molecule has 1 N–H and O–H groups in total. The average Bonchev–Trinajstić information content (AvgIpc) is 2.40. The van der Waals surface area contributed by atoms with Crippen molar-refractivity contribution in [1.82, 2.24) is 0 Å². The Kier molecular flexibility index (Phi) is 5.56. The maximum atomic E-state index is 11.4. The number of carbonyl (C=O) groups is 1. The van der Waals surface area contributed by atoms with Crippen LogP contribution in [0.1, 0.15) is 0 Å². The van der Waals surface area contributed by atoms with E-state index in [1.807, 2.05) is 6.07 Å². The normalized spacial score (nSPS) is 11.2. The van der Waals surface area contributed by atoms with Gasteiger partial charge in [0.2, 0.25) is 0 Å². The molecule has 0 radical (unpaired) electrons. The molecule has 0 unspecified atom stereocenters. The number of carbonyl (C=O) groups excluding carboxylic acids is 1. The van der Waals surface area contributed by atoms with Crippen LogP contribution in [0.15, 0.2) is 34.9 Å². The molecule has 0 aliphatic heterocycles. The van der Waals surface area contributed by atoms with E-state index in [0.29, 0.717) is 15.7 Å². The molecule has 1 aromatic carbocycles. The third kappa shape index (κ3) is 3.42. The fourth-order valence-electron chi connectivity index (χ4n) is 1.19. The number of para-hydroxylation sites is 1. The first-order chi connectivity index (χ1) is 8.63. The van der Waals surface area contributed by atoms with E-state index in [4.69, 9.17) is 16.9 Å². The van der Waals surface area contributed by atoms with E-state index in [9.17, 15) is 4.79 Å². The van der Waals surface area contributed by atoms with Crippen LogP contribution in [0.5, 0.6) is 0 Å². The lowest BCUT2D eigenvalue weighted by Crippen LogP contribution is -2.09. The summed E-state index contributed by atoms with van der Waals surface area (Å²) in [7, 11) is 1.23. The number of anilines is 1. The van der Waals surface area contributed by atoms with E-state index in [2.05, 4.69) is 10.1 Å². The highest BCUT2D eigenvalue weighted by molar-refractivity contribution is 8.02. The van der Waals surface area contributed by atoms with Gasteiger partial charge in [-0.1, -0.05) is 23.7 Å². The predicted molar refractivity (Wildman–Crippen MR) is 73.2 cm³/mol. The van der Waals surface area contributed by atoms with Crippen LogP contribution in [-0.4, -0.2) is 19.3 Å². The standard InChI is InChI=1S/C12H11ClN2O2S/c1-17-12(16)8(7-14)11(18-2)15-10-6-4-3-5-9(10)13/h3-6,15H,1-2H3/b11-8+. The number of methoxy groups -OCH3 is 1. The fraction of sp³-hybridized carbons (Fsp3) is 0.167. The molecule has 0 aliphatic carbocycles. The molecule has 1 aromatic rings. The van der Waals surface area contributed by atoms with Crippen molar-refractivity contribution >= 4 is 35.0 Å². The van der Waals surface area contributed by atoms with Gasteiger partial charge in [0.25, 0.3) is 0 Å². The van der Waals surface area contributed by atoms with Crippen LogP contribution in [0.3, 0.4) is 0 Å². The zero-order valence-electron chi connectivity index (χ0n) is 9.86. The van der Waals surface area contributed by atoms with E-state index in [1.165, 1.54) is 18.9 Å². The van der Waals surface area contributed by atoms with Gasteiger partial charge in [-0.05, 0) is 18.4 Å². The molecule has 0 amide bonds. The topological polar surface area (TPSA) is 62.1 Å². The predicted octanol–water partition coefficient (Wildman–Crippen LogP) is 3.02. The molecule has 0 aromatic heterocycles. The van der Waals surface area contributed by atoms with Gasteiger partial charge in [-0.15, -0.1) is 11.8 Å². The average molecular weight is 283 g/mol. The summed E-state index contributed by atoms with van der Waals surface area (Å²) < 4.78 is 4.55. The summed E-state index contributed by atoms with van der Waals surface area (Å²) in [5, 5.41) is 12.8. The molecule has 0 heterocycles. The van der Waals surface area contributed by atoms with E-state index in [0.717, 1.165) is 0 Å². The number of thioether (sulfide) groups is 1. The van der Waals surface area contributed by atoms with Gasteiger partial charge in [0.05, 0.1) is 22.8 Å². The van der Waals surface area contributed by atoms with Gasteiger partial charge >= 0.3 is 5.97 Å². The van der Waals surface area contributed by atoms with E-state index in [1.54, 1.807) is 30.5 Å². The first-order valence-electron chi connectivity index (χ1n) is 4.92. The second kappa shape index (κ2) is 6.94. The Labute approximate surface area is 115 Å². The highest BCUT2D eigenvalue weighted by Crippen LogP contribution is 2.26. The molecule has 0 aliphatic rings. The molecule has 0 saturated carbocycles. The molecular formula is C12H11ClN2O2S. The van der Waals surface area contributed by atoms with Gasteiger partial charge in [0, 0.05) is 0 Å². The Morgan fingerprint density at radius 2 is 2.17 bits per heavy atom. The zero-order valence-corrected chi connectivity index (χ0v) is 11.4. The number of benzene rings is 1. The summed E-state index contributed by atoms with van der Waals surface area (Å²) in [6, 6.07) is 8.89. The number of esters is 1. The smallest absolute Gasteiger partial charge is 0.351 e. The Balaban J connectivity index is 3.12. The number of nitrogens with one attached hydrogen (secondary N) is 1. The third-order valence-corrected chi connectivity index (χ3v) is 3.10. The van der Waals surface area contributed by atoms with Crippen molar-refractivity contribution in [3.63, 3.8) is 0 Å². The highest BCUT2D eigenvalue weighted by atomic mass is 35.5. The molecule has 1 rings (SSSR count). The maximum Gasteiger partial charge on any atom is 0.351 e. The van der Waals surface area contributed by atoms with Crippen molar-refractivity contribution in [3.8, 4) is 6.07 Å².